The highest BCUT2D eigenvalue weighted by Crippen LogP contribution is 2.19. The van der Waals surface area contributed by atoms with Crippen molar-refractivity contribution in [1.82, 2.24) is 25.1 Å². The van der Waals surface area contributed by atoms with Crippen LogP contribution in [-0.2, 0) is 6.54 Å². The lowest BCUT2D eigenvalue weighted by Crippen LogP contribution is -2.23. The molecular weight excluding hydrogens is 377 g/mol. The molecule has 0 fully saturated rings. The maximum absolute atomic E-state index is 14.3. The highest BCUT2D eigenvalue weighted by Gasteiger charge is 2.15. The van der Waals surface area contributed by atoms with Crippen LogP contribution in [0.5, 0.6) is 0 Å². The van der Waals surface area contributed by atoms with Crippen molar-refractivity contribution in [1.29, 1.82) is 0 Å². The quantitative estimate of drug-likeness (QED) is 0.717. The highest BCUT2D eigenvalue weighted by molar-refractivity contribution is 9.10. The van der Waals surface area contributed by atoms with Gasteiger partial charge in [-0.25, -0.2) is 9.37 Å². The number of carbonyl (C=O) groups excluding carboxylic acids is 1. The Bertz CT molecular complexity index is 902. The summed E-state index contributed by atoms with van der Waals surface area (Å²) in [5.41, 5.74) is 2.13. The summed E-state index contributed by atoms with van der Waals surface area (Å²) in [5, 5.41) is 9.39. The maximum Gasteiger partial charge on any atom is 0.273 e. The molecule has 0 aliphatic heterocycles. The van der Waals surface area contributed by atoms with Gasteiger partial charge in [0.05, 0.1) is 10.2 Å². The molecule has 0 unspecified atom stereocenters. The Morgan fingerprint density at radius 1 is 1.42 bits per heavy atom. The molecule has 1 amide bonds. The van der Waals surface area contributed by atoms with Gasteiger partial charge in [0.2, 0.25) is 0 Å². The minimum Gasteiger partial charge on any atom is -0.347 e. The number of hydrogen-bond acceptors (Lipinski definition) is 3. The lowest BCUT2D eigenvalue weighted by atomic mass is 10.2. The largest absolute Gasteiger partial charge is 0.347 e. The summed E-state index contributed by atoms with van der Waals surface area (Å²) in [7, 11) is 0. The summed E-state index contributed by atoms with van der Waals surface area (Å²) in [4.78, 5) is 16.2. The number of rotatable bonds is 4. The van der Waals surface area contributed by atoms with E-state index in [-0.39, 0.29) is 24.0 Å². The van der Waals surface area contributed by atoms with E-state index in [1.165, 1.54) is 6.07 Å². The van der Waals surface area contributed by atoms with E-state index in [0.29, 0.717) is 21.5 Å². The topological polar surface area (TPSA) is 75.6 Å². The van der Waals surface area contributed by atoms with Crippen LogP contribution in [0.2, 0.25) is 0 Å². The molecule has 2 heterocycles. The normalized spacial score (nSPS) is 10.8. The van der Waals surface area contributed by atoms with Gasteiger partial charge in [-0.3, -0.25) is 9.89 Å². The Morgan fingerprint density at radius 3 is 2.79 bits per heavy atom. The molecule has 2 aromatic heterocycles. The van der Waals surface area contributed by atoms with E-state index in [0.717, 1.165) is 5.69 Å². The highest BCUT2D eigenvalue weighted by atomic mass is 79.9. The minimum absolute atomic E-state index is 0.206. The first-order valence-corrected chi connectivity index (χ1v) is 8.04. The molecule has 124 valence electrons. The average Bonchev–Trinajstić information content (AvgIpc) is 3.12. The van der Waals surface area contributed by atoms with Gasteiger partial charge in [0.25, 0.3) is 5.91 Å². The molecule has 3 rings (SSSR count). The van der Waals surface area contributed by atoms with Gasteiger partial charge >= 0.3 is 0 Å². The van der Waals surface area contributed by atoms with Crippen molar-refractivity contribution in [2.45, 2.75) is 20.4 Å². The lowest BCUT2D eigenvalue weighted by Gasteiger charge is -2.09. The predicted octanol–water partition coefficient (Wildman–Crippen LogP) is 3.04. The molecule has 0 aliphatic rings. The predicted molar refractivity (Wildman–Crippen MR) is 90.5 cm³/mol. The van der Waals surface area contributed by atoms with Crippen LogP contribution in [0.1, 0.15) is 27.6 Å². The van der Waals surface area contributed by atoms with Crippen LogP contribution in [0.3, 0.4) is 0 Å². The van der Waals surface area contributed by atoms with Gasteiger partial charge < -0.3 is 9.88 Å². The van der Waals surface area contributed by atoms with Crippen molar-refractivity contribution in [2.24, 2.45) is 0 Å². The van der Waals surface area contributed by atoms with E-state index in [9.17, 15) is 9.18 Å². The van der Waals surface area contributed by atoms with Crippen molar-refractivity contribution in [2.75, 3.05) is 0 Å². The van der Waals surface area contributed by atoms with E-state index >= 15 is 0 Å². The number of benzene rings is 1. The van der Waals surface area contributed by atoms with Crippen LogP contribution in [0.15, 0.2) is 35.1 Å². The number of aromatic nitrogens is 4. The van der Waals surface area contributed by atoms with Crippen LogP contribution >= 0.6 is 15.9 Å². The van der Waals surface area contributed by atoms with Crippen LogP contribution in [0, 0.1) is 19.7 Å². The summed E-state index contributed by atoms with van der Waals surface area (Å²) in [6.07, 6.45) is 3.32. The number of aromatic amines is 1. The Kier molecular flexibility index (Phi) is 4.48. The fraction of sp³-hybridized carbons (Fsp3) is 0.188. The molecule has 0 saturated carbocycles. The number of nitrogens with zero attached hydrogens (tertiary/aromatic N) is 3. The summed E-state index contributed by atoms with van der Waals surface area (Å²) >= 11 is 3.30. The standard InChI is InChI=1S/C16H15BrFN5O/c1-9-14(17)15(22-21-9)16(24)20-8-11-3-4-13(12(18)7-11)23-6-5-19-10(23)2/h3-7H,8H2,1-2H3,(H,20,24)(H,21,22). The molecule has 6 nitrogen and oxygen atoms in total. The van der Waals surface area contributed by atoms with Gasteiger partial charge in [0.1, 0.15) is 11.6 Å². The van der Waals surface area contributed by atoms with Crippen LogP contribution in [-0.4, -0.2) is 25.7 Å². The smallest absolute Gasteiger partial charge is 0.273 e. The van der Waals surface area contributed by atoms with E-state index in [4.69, 9.17) is 0 Å². The second kappa shape index (κ2) is 6.56. The molecule has 3 aromatic rings. The van der Waals surface area contributed by atoms with Crippen molar-refractivity contribution in [3.8, 4) is 5.69 Å². The van der Waals surface area contributed by atoms with Gasteiger partial charge in [-0.2, -0.15) is 5.10 Å². The molecular formula is C16H15BrFN5O. The molecule has 0 aliphatic carbocycles. The Morgan fingerprint density at radius 2 is 2.21 bits per heavy atom. The van der Waals surface area contributed by atoms with Gasteiger partial charge in [-0.1, -0.05) is 6.07 Å². The molecule has 0 spiro atoms. The summed E-state index contributed by atoms with van der Waals surface area (Å²) < 4.78 is 16.6. The first kappa shape index (κ1) is 16.4. The van der Waals surface area contributed by atoms with Crippen molar-refractivity contribution in [3.05, 3.63) is 63.7 Å². The van der Waals surface area contributed by atoms with Crippen molar-refractivity contribution < 1.29 is 9.18 Å². The second-order valence-electron chi connectivity index (χ2n) is 5.32. The van der Waals surface area contributed by atoms with E-state index in [1.807, 2.05) is 0 Å². The third-order valence-corrected chi connectivity index (χ3v) is 4.61. The molecule has 2 N–H and O–H groups in total. The van der Waals surface area contributed by atoms with E-state index in [2.05, 4.69) is 36.4 Å². The first-order valence-electron chi connectivity index (χ1n) is 7.24. The molecule has 8 heteroatoms. The van der Waals surface area contributed by atoms with Gasteiger partial charge in [-0.15, -0.1) is 0 Å². The van der Waals surface area contributed by atoms with Crippen LogP contribution in [0.25, 0.3) is 5.69 Å². The number of halogens is 2. The Hall–Kier alpha value is -2.48. The Labute approximate surface area is 146 Å². The maximum atomic E-state index is 14.3. The number of carbonyl (C=O) groups is 1. The molecule has 0 bridgehead atoms. The zero-order valence-electron chi connectivity index (χ0n) is 13.1. The number of hydrogen-bond donors (Lipinski definition) is 2. The monoisotopic (exact) mass is 391 g/mol. The van der Waals surface area contributed by atoms with Gasteiger partial charge in [0.15, 0.2) is 5.69 Å². The first-order chi connectivity index (χ1) is 11.5. The number of H-pyrrole nitrogens is 1. The molecule has 1 aromatic carbocycles. The summed E-state index contributed by atoms with van der Waals surface area (Å²) in [6, 6.07) is 4.84. The van der Waals surface area contributed by atoms with Crippen molar-refractivity contribution >= 4 is 21.8 Å². The van der Waals surface area contributed by atoms with Gasteiger partial charge in [0, 0.05) is 24.6 Å². The number of imidazole rings is 1. The van der Waals surface area contributed by atoms with Crippen molar-refractivity contribution in [3.63, 3.8) is 0 Å². The summed E-state index contributed by atoms with van der Waals surface area (Å²) in [5.74, 6) is -0.00508. The number of aryl methyl sites for hydroxylation is 2. The molecule has 0 radical (unpaired) electrons. The fourth-order valence-electron chi connectivity index (χ4n) is 2.32. The molecule has 0 saturated heterocycles. The third-order valence-electron chi connectivity index (χ3n) is 3.64. The fourth-order valence-corrected chi connectivity index (χ4v) is 2.68. The van der Waals surface area contributed by atoms with E-state index in [1.54, 1.807) is 42.9 Å². The third kappa shape index (κ3) is 3.09. The summed E-state index contributed by atoms with van der Waals surface area (Å²) in [6.45, 7) is 3.81. The lowest BCUT2D eigenvalue weighted by molar-refractivity contribution is 0.0945. The SMILES string of the molecule is Cc1[nH]nc(C(=O)NCc2ccc(-n3ccnc3C)c(F)c2)c1Br. The Balaban J connectivity index is 1.73. The molecule has 0 atom stereocenters. The minimum atomic E-state index is -0.375. The zero-order valence-corrected chi connectivity index (χ0v) is 14.7. The number of amides is 1. The zero-order chi connectivity index (χ0) is 17.3. The van der Waals surface area contributed by atoms with Crippen LogP contribution in [0.4, 0.5) is 4.39 Å². The van der Waals surface area contributed by atoms with Gasteiger partial charge in [-0.05, 0) is 47.5 Å². The second-order valence-corrected chi connectivity index (χ2v) is 6.12. The molecule has 24 heavy (non-hydrogen) atoms. The average molecular weight is 392 g/mol. The number of nitrogens with one attached hydrogen (secondary N) is 2. The van der Waals surface area contributed by atoms with E-state index < -0.39 is 0 Å². The van der Waals surface area contributed by atoms with Crippen LogP contribution < -0.4 is 5.32 Å².